The summed E-state index contributed by atoms with van der Waals surface area (Å²) in [6.07, 6.45) is 1.90. The maximum absolute atomic E-state index is 12.9. The van der Waals surface area contributed by atoms with Crippen LogP contribution in [0, 0.1) is 6.92 Å². The van der Waals surface area contributed by atoms with Gasteiger partial charge in [0.2, 0.25) is 12.7 Å². The summed E-state index contributed by atoms with van der Waals surface area (Å²) < 4.78 is 41.1. The Hall–Kier alpha value is -2.63. The van der Waals surface area contributed by atoms with E-state index in [0.29, 0.717) is 17.2 Å². The van der Waals surface area contributed by atoms with Gasteiger partial charge in [-0.15, -0.1) is 0 Å². The maximum atomic E-state index is 12.9. The summed E-state index contributed by atoms with van der Waals surface area (Å²) in [5.74, 6) is 0.720. The third kappa shape index (κ3) is 3.21. The van der Waals surface area contributed by atoms with Gasteiger partial charge < -0.3 is 14.8 Å². The predicted molar refractivity (Wildman–Crippen MR) is 100 cm³/mol. The number of likely N-dealkylation sites (N-methyl/N-ethyl adjacent to an activating group) is 1. The number of carbonyl (C=O) groups is 1. The van der Waals surface area contributed by atoms with Crippen molar-refractivity contribution in [3.63, 3.8) is 0 Å². The largest absolute Gasteiger partial charge is 0.454 e. The number of nitrogens with one attached hydrogen (secondary N) is 2. The Morgan fingerprint density at radius 1 is 1.29 bits per heavy atom. The van der Waals surface area contributed by atoms with Crippen molar-refractivity contribution >= 4 is 21.8 Å². The number of aryl methyl sites for hydroxylation is 1. The Kier molecular flexibility index (Phi) is 4.52. The van der Waals surface area contributed by atoms with Crippen LogP contribution >= 0.6 is 0 Å². The van der Waals surface area contributed by atoms with E-state index in [1.807, 2.05) is 6.92 Å². The minimum Gasteiger partial charge on any atom is -0.454 e. The molecule has 1 fully saturated rings. The average molecular weight is 407 g/mol. The van der Waals surface area contributed by atoms with Gasteiger partial charge in [-0.2, -0.15) is 22.5 Å². The van der Waals surface area contributed by atoms with Gasteiger partial charge in [0.05, 0.1) is 12.2 Å². The number of rotatable bonds is 3. The number of amides is 1. The van der Waals surface area contributed by atoms with E-state index in [9.17, 15) is 13.2 Å². The molecule has 0 spiro atoms. The van der Waals surface area contributed by atoms with Gasteiger partial charge >= 0.3 is 0 Å². The number of ether oxygens (including phenoxy) is 2. The molecule has 1 aromatic heterocycles. The zero-order valence-corrected chi connectivity index (χ0v) is 16.5. The van der Waals surface area contributed by atoms with Gasteiger partial charge in [-0.3, -0.25) is 9.48 Å². The van der Waals surface area contributed by atoms with E-state index in [4.69, 9.17) is 9.47 Å². The first kappa shape index (κ1) is 18.7. The molecule has 2 atom stereocenters. The molecule has 0 aliphatic carbocycles. The molecule has 2 N–H and O–H groups in total. The number of carbonyl (C=O) groups excluding carboxylic acids is 1. The molecule has 150 valence electrons. The third-order valence-corrected chi connectivity index (χ3v) is 6.75. The fourth-order valence-electron chi connectivity index (χ4n) is 3.37. The Bertz CT molecular complexity index is 1030. The van der Waals surface area contributed by atoms with Crippen molar-refractivity contribution in [2.24, 2.45) is 7.05 Å². The molecule has 4 rings (SSSR count). The summed E-state index contributed by atoms with van der Waals surface area (Å²) in [5.41, 5.74) is 2.10. The Labute approximate surface area is 162 Å². The topological polar surface area (TPSA) is 115 Å². The van der Waals surface area contributed by atoms with Gasteiger partial charge in [-0.25, -0.2) is 0 Å². The molecule has 11 heteroatoms. The van der Waals surface area contributed by atoms with Crippen LogP contribution in [0.3, 0.4) is 0 Å². The molecule has 2 aromatic rings. The van der Waals surface area contributed by atoms with Crippen LogP contribution < -0.4 is 19.5 Å². The van der Waals surface area contributed by atoms with E-state index in [-0.39, 0.29) is 13.2 Å². The number of fused-ring (bicyclic) bond motifs is 1. The lowest BCUT2D eigenvalue weighted by atomic mass is 10.00. The zero-order chi connectivity index (χ0) is 20.1. The van der Waals surface area contributed by atoms with Crippen LogP contribution in [0.5, 0.6) is 11.5 Å². The second-order valence-electron chi connectivity index (χ2n) is 6.81. The molecule has 1 aromatic carbocycles. The molecule has 2 aliphatic heterocycles. The van der Waals surface area contributed by atoms with E-state index in [1.54, 1.807) is 36.1 Å². The summed E-state index contributed by atoms with van der Waals surface area (Å²) in [5, 5.41) is 6.94. The van der Waals surface area contributed by atoms with Gasteiger partial charge in [-0.1, -0.05) is 0 Å². The van der Waals surface area contributed by atoms with Crippen LogP contribution in [-0.4, -0.2) is 48.3 Å². The summed E-state index contributed by atoms with van der Waals surface area (Å²) in [4.78, 5) is 12.9. The number of benzene rings is 1. The minimum atomic E-state index is -3.82. The summed E-state index contributed by atoms with van der Waals surface area (Å²) in [7, 11) is -0.650. The molecule has 0 radical (unpaired) electrons. The summed E-state index contributed by atoms with van der Waals surface area (Å²) >= 11 is 0. The lowest BCUT2D eigenvalue weighted by Gasteiger charge is -2.36. The summed E-state index contributed by atoms with van der Waals surface area (Å²) in [6.45, 7) is 1.99. The van der Waals surface area contributed by atoms with Gasteiger partial charge in [0.25, 0.3) is 10.2 Å². The Morgan fingerprint density at radius 2 is 2.04 bits per heavy atom. The van der Waals surface area contributed by atoms with Crippen LogP contribution in [0.2, 0.25) is 0 Å². The van der Waals surface area contributed by atoms with Crippen molar-refractivity contribution < 1.29 is 22.7 Å². The first-order valence-corrected chi connectivity index (χ1v) is 10.1. The first-order chi connectivity index (χ1) is 13.3. The molecule has 28 heavy (non-hydrogen) atoms. The van der Waals surface area contributed by atoms with Gasteiger partial charge in [-0.05, 0) is 25.5 Å². The van der Waals surface area contributed by atoms with E-state index < -0.39 is 28.2 Å². The fourth-order valence-corrected chi connectivity index (χ4v) is 4.64. The van der Waals surface area contributed by atoms with E-state index >= 15 is 0 Å². The molecular weight excluding hydrogens is 386 g/mol. The molecule has 0 saturated carbocycles. The van der Waals surface area contributed by atoms with E-state index in [0.717, 1.165) is 15.6 Å². The number of nitrogens with zero attached hydrogens (tertiary/aromatic N) is 3. The molecule has 1 saturated heterocycles. The maximum Gasteiger partial charge on any atom is 0.280 e. The third-order valence-electron chi connectivity index (χ3n) is 5.16. The van der Waals surface area contributed by atoms with Crippen molar-refractivity contribution in [2.45, 2.75) is 25.4 Å². The normalized spacial score (nSPS) is 23.5. The second kappa shape index (κ2) is 6.76. The van der Waals surface area contributed by atoms with Crippen LogP contribution in [0.1, 0.15) is 23.7 Å². The Balaban J connectivity index is 1.58. The van der Waals surface area contributed by atoms with Crippen molar-refractivity contribution in [1.29, 1.82) is 0 Å². The van der Waals surface area contributed by atoms with E-state index in [2.05, 4.69) is 15.1 Å². The standard InChI is InChI=1S/C17H21N5O5S/c1-10-12(8-18-21(10)2)13-7-14(22(3)28(24,25)20-13)17(23)19-11-4-5-15-16(6-11)27-9-26-15/h4-6,8,13-14,20H,7,9H2,1-3H3,(H,19,23)/t13-,14-/m0/s1. The van der Waals surface area contributed by atoms with Crippen LogP contribution in [0.4, 0.5) is 5.69 Å². The number of hydrogen-bond acceptors (Lipinski definition) is 6. The smallest absolute Gasteiger partial charge is 0.280 e. The highest BCUT2D eigenvalue weighted by Gasteiger charge is 2.41. The van der Waals surface area contributed by atoms with Crippen LogP contribution in [-0.2, 0) is 22.1 Å². The fraction of sp³-hybridized carbons (Fsp3) is 0.412. The highest BCUT2D eigenvalue weighted by atomic mass is 32.2. The second-order valence-corrected chi connectivity index (χ2v) is 8.57. The van der Waals surface area contributed by atoms with Crippen molar-refractivity contribution in [2.75, 3.05) is 19.2 Å². The van der Waals surface area contributed by atoms with Crippen LogP contribution in [0.25, 0.3) is 0 Å². The van der Waals surface area contributed by atoms with Gasteiger partial charge in [0.15, 0.2) is 11.5 Å². The quantitative estimate of drug-likeness (QED) is 0.773. The lowest BCUT2D eigenvalue weighted by molar-refractivity contribution is -0.120. The average Bonchev–Trinajstić information content (AvgIpc) is 3.24. The molecule has 0 unspecified atom stereocenters. The molecule has 3 heterocycles. The predicted octanol–water partition coefficient (Wildman–Crippen LogP) is 0.676. The molecule has 2 aliphatic rings. The molecule has 1 amide bonds. The van der Waals surface area contributed by atoms with Crippen LogP contribution in [0.15, 0.2) is 24.4 Å². The van der Waals surface area contributed by atoms with Crippen molar-refractivity contribution in [3.8, 4) is 11.5 Å². The Morgan fingerprint density at radius 3 is 2.75 bits per heavy atom. The SMILES string of the molecule is Cc1c([C@@H]2C[C@@H](C(=O)Nc3ccc4c(c3)OCO4)N(C)S(=O)(=O)N2)cnn1C. The number of anilines is 1. The van der Waals surface area contributed by atoms with Gasteiger partial charge in [0, 0.05) is 37.1 Å². The first-order valence-electron chi connectivity index (χ1n) is 8.70. The van der Waals surface area contributed by atoms with Crippen molar-refractivity contribution in [1.82, 2.24) is 18.8 Å². The van der Waals surface area contributed by atoms with E-state index in [1.165, 1.54) is 7.05 Å². The van der Waals surface area contributed by atoms with Gasteiger partial charge in [0.1, 0.15) is 6.04 Å². The highest BCUT2D eigenvalue weighted by molar-refractivity contribution is 7.87. The molecule has 10 nitrogen and oxygen atoms in total. The monoisotopic (exact) mass is 407 g/mol. The zero-order valence-electron chi connectivity index (χ0n) is 15.7. The van der Waals surface area contributed by atoms with Crippen molar-refractivity contribution in [3.05, 3.63) is 35.7 Å². The summed E-state index contributed by atoms with van der Waals surface area (Å²) in [6, 6.07) is 3.62. The molecular formula is C17H21N5O5S. The minimum absolute atomic E-state index is 0.133. The number of hydrogen-bond donors (Lipinski definition) is 2. The molecule has 0 bridgehead atoms. The lowest BCUT2D eigenvalue weighted by Crippen LogP contribution is -2.56. The number of aromatic nitrogens is 2. The highest BCUT2D eigenvalue weighted by Crippen LogP contribution is 2.35.